The molecule has 0 bridgehead atoms. The van der Waals surface area contributed by atoms with Crippen molar-refractivity contribution in [1.82, 2.24) is 0 Å². The van der Waals surface area contributed by atoms with Gasteiger partial charge >= 0.3 is 0 Å². The van der Waals surface area contributed by atoms with Crippen LogP contribution in [0.15, 0.2) is 164 Å². The molecule has 0 radical (unpaired) electrons. The van der Waals surface area contributed by atoms with Gasteiger partial charge in [-0.05, 0) is 183 Å². The van der Waals surface area contributed by atoms with Gasteiger partial charge in [0.1, 0.15) is 0 Å². The van der Waals surface area contributed by atoms with Crippen LogP contribution >= 0.6 is 0 Å². The monoisotopic (exact) mass is 720 g/mol. The smallest absolute Gasteiger partial charge is 0.0725 e. The molecule has 0 amide bonds. The number of hydrogen-bond acceptors (Lipinski definition) is 0. The Kier molecular flexibility index (Phi) is 5.53. The Morgan fingerprint density at radius 1 is 0.456 bits per heavy atom. The number of allylic oxidation sites excluding steroid dienone is 4. The first-order valence-electron chi connectivity index (χ1n) is 20.5. The van der Waals surface area contributed by atoms with Gasteiger partial charge in [0.2, 0.25) is 0 Å². The molecule has 0 saturated carbocycles. The lowest BCUT2D eigenvalue weighted by Gasteiger charge is -2.30. The average Bonchev–Trinajstić information content (AvgIpc) is 3.95. The van der Waals surface area contributed by atoms with E-state index in [-0.39, 0.29) is 5.41 Å². The minimum atomic E-state index is -0.366. The van der Waals surface area contributed by atoms with Gasteiger partial charge in [-0.1, -0.05) is 140 Å². The number of aryl methyl sites for hydroxylation is 2. The Bertz CT molecular complexity index is 3410. The van der Waals surface area contributed by atoms with Crippen molar-refractivity contribution in [2.24, 2.45) is 0 Å². The average molecular weight is 721 g/mol. The maximum atomic E-state index is 2.59. The highest BCUT2D eigenvalue weighted by Crippen LogP contribution is 2.66. The molecule has 1 atom stereocenters. The van der Waals surface area contributed by atoms with Crippen molar-refractivity contribution in [2.45, 2.75) is 31.6 Å². The Hall–Kier alpha value is -6.76. The van der Waals surface area contributed by atoms with Gasteiger partial charge in [-0.3, -0.25) is 0 Å². The fraction of sp³-hybridized carbons (Fsp3) is 0.0877. The minimum Gasteiger partial charge on any atom is -0.0836 e. The Balaban J connectivity index is 1.01. The molecule has 9 aromatic carbocycles. The molecule has 0 saturated heterocycles. The molecule has 0 N–H and O–H groups in total. The maximum Gasteiger partial charge on any atom is 0.0725 e. The molecule has 0 aliphatic heterocycles. The summed E-state index contributed by atoms with van der Waals surface area (Å²) in [4.78, 5) is 0. The summed E-state index contributed by atoms with van der Waals surface area (Å²) in [7, 11) is 0. The third-order valence-corrected chi connectivity index (χ3v) is 14.5. The van der Waals surface area contributed by atoms with E-state index in [2.05, 4.69) is 178 Å². The molecular weight excluding hydrogens is 685 g/mol. The SMILES string of the molecule is Cc1cc2c3c(c(C)ccc3c1-c1ccc3cc4c(cc3c1)-c1cccc3c5c(cc-4c13)C1(c3ccccc3-c3ccccc31)c1ccccc1-5)C1=CC=CCC12. The molecule has 14 rings (SSSR count). The zero-order valence-electron chi connectivity index (χ0n) is 31.9. The normalized spacial score (nSPS) is 16.5. The van der Waals surface area contributed by atoms with E-state index in [0.717, 1.165) is 6.42 Å². The second-order valence-corrected chi connectivity index (χ2v) is 17.1. The Morgan fingerprint density at radius 3 is 1.95 bits per heavy atom. The molecule has 1 spiro atoms. The predicted molar refractivity (Wildman–Crippen MR) is 239 cm³/mol. The lowest BCUT2D eigenvalue weighted by atomic mass is 9.70. The summed E-state index contributed by atoms with van der Waals surface area (Å²) >= 11 is 0. The van der Waals surface area contributed by atoms with E-state index in [9.17, 15) is 0 Å². The van der Waals surface area contributed by atoms with Crippen LogP contribution in [0, 0.1) is 13.8 Å². The summed E-state index contributed by atoms with van der Waals surface area (Å²) in [5.74, 6) is 0.466. The molecule has 57 heavy (non-hydrogen) atoms. The van der Waals surface area contributed by atoms with Crippen molar-refractivity contribution >= 4 is 37.9 Å². The summed E-state index contributed by atoms with van der Waals surface area (Å²) in [5.41, 5.74) is 25.9. The second-order valence-electron chi connectivity index (χ2n) is 17.1. The van der Waals surface area contributed by atoms with Gasteiger partial charge < -0.3 is 0 Å². The highest BCUT2D eigenvalue weighted by Gasteiger charge is 2.52. The number of benzene rings is 9. The van der Waals surface area contributed by atoms with Crippen LogP contribution in [-0.4, -0.2) is 0 Å². The fourth-order valence-corrected chi connectivity index (χ4v) is 12.4. The van der Waals surface area contributed by atoms with Crippen molar-refractivity contribution in [3.63, 3.8) is 0 Å². The largest absolute Gasteiger partial charge is 0.0836 e. The molecular formula is C57H36. The van der Waals surface area contributed by atoms with Crippen LogP contribution in [0.3, 0.4) is 0 Å². The maximum absolute atomic E-state index is 2.59. The summed E-state index contributed by atoms with van der Waals surface area (Å²) < 4.78 is 0. The molecule has 0 fully saturated rings. The number of hydrogen-bond donors (Lipinski definition) is 0. The minimum absolute atomic E-state index is 0.366. The van der Waals surface area contributed by atoms with E-state index < -0.39 is 0 Å². The first-order chi connectivity index (χ1) is 28.1. The number of rotatable bonds is 1. The predicted octanol–water partition coefficient (Wildman–Crippen LogP) is 14.9. The summed E-state index contributed by atoms with van der Waals surface area (Å²) in [5, 5.41) is 8.18. The quantitative estimate of drug-likeness (QED) is 0.158. The zero-order valence-corrected chi connectivity index (χ0v) is 31.9. The lowest BCUT2D eigenvalue weighted by molar-refractivity contribution is 0.795. The number of fused-ring (bicyclic) bond motifs is 18. The van der Waals surface area contributed by atoms with Gasteiger partial charge in [0, 0.05) is 5.92 Å². The molecule has 0 nitrogen and oxygen atoms in total. The van der Waals surface area contributed by atoms with Gasteiger partial charge in [-0.2, -0.15) is 0 Å². The van der Waals surface area contributed by atoms with E-state index >= 15 is 0 Å². The lowest BCUT2D eigenvalue weighted by Crippen LogP contribution is -2.25. The van der Waals surface area contributed by atoms with Crippen LogP contribution in [0.4, 0.5) is 0 Å². The highest BCUT2D eigenvalue weighted by molar-refractivity contribution is 6.22. The van der Waals surface area contributed by atoms with Gasteiger partial charge in [0.15, 0.2) is 0 Å². The summed E-state index contributed by atoms with van der Waals surface area (Å²) in [6.45, 7) is 4.61. The van der Waals surface area contributed by atoms with Crippen molar-refractivity contribution in [3.8, 4) is 55.6 Å². The third-order valence-electron chi connectivity index (χ3n) is 14.5. The zero-order chi connectivity index (χ0) is 37.3. The van der Waals surface area contributed by atoms with Crippen LogP contribution in [0.2, 0.25) is 0 Å². The van der Waals surface area contributed by atoms with Crippen LogP contribution in [-0.2, 0) is 5.41 Å². The first kappa shape index (κ1) is 30.5. The van der Waals surface area contributed by atoms with Crippen LogP contribution in [0.25, 0.3) is 93.5 Å². The van der Waals surface area contributed by atoms with Crippen molar-refractivity contribution in [2.75, 3.05) is 0 Å². The summed E-state index contributed by atoms with van der Waals surface area (Å²) in [6.07, 6.45) is 8.03. The molecule has 1 unspecified atom stereocenters. The topological polar surface area (TPSA) is 0 Å². The van der Waals surface area contributed by atoms with E-state index in [1.54, 1.807) is 0 Å². The standard InChI is InChI=1S/C57H36/c1-31-22-25-43-52(32(2)26-46-36-12-3-4-15-39(36)53(31)56(43)46)34-24-23-33-28-45-44(29-35(33)27-34)40-17-11-18-42-54(40)47(45)30-51-55(42)41-16-7-10-21-50(41)57(51)48-19-8-5-13-37(48)38-14-6-9-20-49(38)57/h3-11,13-30,36H,12H2,1-2H3. The molecule has 5 aliphatic carbocycles. The van der Waals surface area contributed by atoms with E-state index in [4.69, 9.17) is 0 Å². The third kappa shape index (κ3) is 3.50. The van der Waals surface area contributed by atoms with Gasteiger partial charge in [0.25, 0.3) is 0 Å². The van der Waals surface area contributed by atoms with Gasteiger partial charge in [0.05, 0.1) is 5.41 Å². The van der Waals surface area contributed by atoms with Gasteiger partial charge in [-0.15, -0.1) is 0 Å². The first-order valence-corrected chi connectivity index (χ1v) is 20.5. The van der Waals surface area contributed by atoms with Crippen LogP contribution < -0.4 is 0 Å². The Labute approximate surface area is 332 Å². The van der Waals surface area contributed by atoms with Crippen LogP contribution in [0.5, 0.6) is 0 Å². The van der Waals surface area contributed by atoms with Crippen molar-refractivity contribution < 1.29 is 0 Å². The molecule has 9 aromatic rings. The second kappa shape index (κ2) is 10.3. The summed E-state index contributed by atoms with van der Waals surface area (Å²) in [6, 6.07) is 56.5. The molecule has 264 valence electrons. The van der Waals surface area contributed by atoms with Crippen LogP contribution in [0.1, 0.15) is 56.8 Å². The highest BCUT2D eigenvalue weighted by atomic mass is 14.5. The Morgan fingerprint density at radius 2 is 1.14 bits per heavy atom. The van der Waals surface area contributed by atoms with E-state index in [1.807, 2.05) is 0 Å². The molecule has 0 heteroatoms. The molecule has 0 heterocycles. The van der Waals surface area contributed by atoms with Crippen molar-refractivity contribution in [1.29, 1.82) is 0 Å². The fourth-order valence-electron chi connectivity index (χ4n) is 12.4. The molecule has 0 aromatic heterocycles. The van der Waals surface area contributed by atoms with Crippen molar-refractivity contribution in [3.05, 3.63) is 208 Å². The molecule has 5 aliphatic rings. The van der Waals surface area contributed by atoms with Gasteiger partial charge in [-0.25, -0.2) is 0 Å². The van der Waals surface area contributed by atoms with E-state index in [0.29, 0.717) is 5.92 Å². The van der Waals surface area contributed by atoms with E-state index in [1.165, 1.54) is 138 Å².